The van der Waals surface area contributed by atoms with Crippen LogP contribution in [0.25, 0.3) is 0 Å². The lowest BCUT2D eigenvalue weighted by atomic mass is 10.2. The molecule has 1 aromatic heterocycles. The monoisotopic (exact) mass is 236 g/mol. The average molecular weight is 236 g/mol. The molecule has 2 N–H and O–H groups in total. The number of pyridine rings is 1. The summed E-state index contributed by atoms with van der Waals surface area (Å²) in [5, 5.41) is 10.8. The van der Waals surface area contributed by atoms with E-state index in [0.717, 1.165) is 19.0 Å². The van der Waals surface area contributed by atoms with Gasteiger partial charge in [0.15, 0.2) is 0 Å². The Labute approximate surface area is 97.4 Å². The molecule has 1 aromatic rings. The van der Waals surface area contributed by atoms with Gasteiger partial charge in [0.1, 0.15) is 17.6 Å². The fraction of sp³-hybridized carbons (Fsp3) is 0.400. The van der Waals surface area contributed by atoms with Gasteiger partial charge in [0, 0.05) is 13.1 Å². The number of likely N-dealkylation sites (tertiary alicyclic amines) is 1. The number of rotatable bonds is 2. The second kappa shape index (κ2) is 4.36. The molecular formula is C10H12N4O3. The molecule has 0 aromatic carbocycles. The van der Waals surface area contributed by atoms with Gasteiger partial charge in [0.2, 0.25) is 0 Å². The number of hydrogen-bond donors (Lipinski definition) is 1. The number of aromatic nitrogens is 1. The van der Waals surface area contributed by atoms with E-state index in [4.69, 9.17) is 5.73 Å². The summed E-state index contributed by atoms with van der Waals surface area (Å²) in [6.45, 7) is 1.27. The zero-order chi connectivity index (χ0) is 12.4. The van der Waals surface area contributed by atoms with Gasteiger partial charge in [-0.05, 0) is 18.9 Å². The largest absolute Gasteiger partial charge is 0.384 e. The van der Waals surface area contributed by atoms with Gasteiger partial charge in [-0.25, -0.2) is 4.98 Å². The molecule has 0 spiro atoms. The maximum Gasteiger partial charge on any atom is 0.300 e. The number of amides is 1. The lowest BCUT2D eigenvalue weighted by molar-refractivity contribution is -0.385. The van der Waals surface area contributed by atoms with E-state index in [1.807, 2.05) is 0 Å². The summed E-state index contributed by atoms with van der Waals surface area (Å²) >= 11 is 0. The van der Waals surface area contributed by atoms with Crippen LogP contribution in [-0.2, 0) is 0 Å². The first kappa shape index (κ1) is 11.3. The van der Waals surface area contributed by atoms with E-state index in [1.54, 1.807) is 4.90 Å². The molecule has 1 amide bonds. The third-order valence-electron chi connectivity index (χ3n) is 2.72. The number of nitrogen functional groups attached to an aromatic ring is 1. The van der Waals surface area contributed by atoms with Gasteiger partial charge in [0.25, 0.3) is 11.6 Å². The summed E-state index contributed by atoms with van der Waals surface area (Å²) < 4.78 is 0. The number of anilines is 1. The Balaban J connectivity index is 2.38. The predicted octanol–water partition coefficient (Wildman–Crippen LogP) is 0.808. The minimum Gasteiger partial charge on any atom is -0.384 e. The quantitative estimate of drug-likeness (QED) is 0.604. The van der Waals surface area contributed by atoms with Gasteiger partial charge < -0.3 is 10.6 Å². The summed E-state index contributed by atoms with van der Waals surface area (Å²) in [5.41, 5.74) is 5.18. The third-order valence-corrected chi connectivity index (χ3v) is 2.72. The zero-order valence-corrected chi connectivity index (χ0v) is 9.13. The van der Waals surface area contributed by atoms with Crippen molar-refractivity contribution in [3.8, 4) is 0 Å². The number of hydrogen-bond acceptors (Lipinski definition) is 5. The van der Waals surface area contributed by atoms with Gasteiger partial charge >= 0.3 is 0 Å². The number of nitro groups is 1. The lowest BCUT2D eigenvalue weighted by Gasteiger charge is -2.15. The number of carbonyl (C=O) groups is 1. The van der Waals surface area contributed by atoms with E-state index >= 15 is 0 Å². The van der Waals surface area contributed by atoms with E-state index in [1.165, 1.54) is 6.07 Å². The summed E-state index contributed by atoms with van der Waals surface area (Å²) in [5.74, 6) is -0.235. The molecule has 0 bridgehead atoms. The Morgan fingerprint density at radius 1 is 1.47 bits per heavy atom. The van der Waals surface area contributed by atoms with Crippen molar-refractivity contribution in [2.75, 3.05) is 18.8 Å². The summed E-state index contributed by atoms with van der Waals surface area (Å²) in [7, 11) is 0. The van der Waals surface area contributed by atoms with Crippen LogP contribution in [0.2, 0.25) is 0 Å². The van der Waals surface area contributed by atoms with E-state index in [0.29, 0.717) is 13.1 Å². The van der Waals surface area contributed by atoms with Crippen molar-refractivity contribution in [3.05, 3.63) is 27.9 Å². The molecule has 1 aliphatic heterocycles. The van der Waals surface area contributed by atoms with Crippen LogP contribution >= 0.6 is 0 Å². The van der Waals surface area contributed by atoms with Crippen molar-refractivity contribution in [2.45, 2.75) is 12.8 Å². The standard InChI is InChI=1S/C10H12N4O3/c11-9-5-7(8(6-12-9)14(16)17)10(15)13-3-1-2-4-13/h5-6H,1-4H2,(H2,11,12). The van der Waals surface area contributed by atoms with Crippen LogP contribution in [-0.4, -0.2) is 33.8 Å². The molecule has 0 atom stereocenters. The topological polar surface area (TPSA) is 102 Å². The Morgan fingerprint density at radius 3 is 2.71 bits per heavy atom. The van der Waals surface area contributed by atoms with Crippen LogP contribution < -0.4 is 5.73 Å². The molecule has 2 rings (SSSR count). The van der Waals surface area contributed by atoms with Crippen LogP contribution in [0.15, 0.2) is 12.3 Å². The van der Waals surface area contributed by atoms with Crippen molar-refractivity contribution < 1.29 is 9.72 Å². The second-order valence-corrected chi connectivity index (χ2v) is 3.88. The van der Waals surface area contributed by atoms with E-state index in [-0.39, 0.29) is 23.0 Å². The molecule has 0 saturated carbocycles. The van der Waals surface area contributed by atoms with Gasteiger partial charge in [-0.1, -0.05) is 0 Å². The third kappa shape index (κ3) is 2.17. The predicted molar refractivity (Wildman–Crippen MR) is 60.4 cm³/mol. The Bertz CT molecular complexity index is 469. The highest BCUT2D eigenvalue weighted by molar-refractivity contribution is 5.98. The Hall–Kier alpha value is -2.18. The van der Waals surface area contributed by atoms with Gasteiger partial charge in [-0.2, -0.15) is 0 Å². The maximum atomic E-state index is 12.1. The first-order valence-electron chi connectivity index (χ1n) is 5.29. The van der Waals surface area contributed by atoms with Crippen molar-refractivity contribution in [1.29, 1.82) is 0 Å². The van der Waals surface area contributed by atoms with Gasteiger partial charge in [-0.15, -0.1) is 0 Å². The van der Waals surface area contributed by atoms with Crippen LogP contribution in [0.1, 0.15) is 23.2 Å². The second-order valence-electron chi connectivity index (χ2n) is 3.88. The van der Waals surface area contributed by atoms with Gasteiger partial charge in [-0.3, -0.25) is 14.9 Å². The minimum absolute atomic E-state index is 0.0180. The van der Waals surface area contributed by atoms with Crippen LogP contribution in [0, 0.1) is 10.1 Å². The number of nitrogens with zero attached hydrogens (tertiary/aromatic N) is 3. The first-order valence-corrected chi connectivity index (χ1v) is 5.29. The summed E-state index contributed by atoms with van der Waals surface area (Å²) in [4.78, 5) is 27.5. The smallest absolute Gasteiger partial charge is 0.300 e. The Morgan fingerprint density at radius 2 is 2.12 bits per heavy atom. The van der Waals surface area contributed by atoms with Crippen molar-refractivity contribution >= 4 is 17.4 Å². The average Bonchev–Trinajstić information content (AvgIpc) is 2.80. The van der Waals surface area contributed by atoms with E-state index in [2.05, 4.69) is 4.98 Å². The number of nitrogens with two attached hydrogens (primary N) is 1. The molecule has 90 valence electrons. The molecule has 2 heterocycles. The van der Waals surface area contributed by atoms with Gasteiger partial charge in [0.05, 0.1) is 4.92 Å². The molecule has 1 saturated heterocycles. The van der Waals surface area contributed by atoms with E-state index in [9.17, 15) is 14.9 Å². The highest BCUT2D eigenvalue weighted by Gasteiger charge is 2.27. The normalized spacial score (nSPS) is 14.9. The molecule has 1 aliphatic rings. The van der Waals surface area contributed by atoms with Crippen LogP contribution in [0.4, 0.5) is 11.5 Å². The van der Waals surface area contributed by atoms with E-state index < -0.39 is 4.92 Å². The van der Waals surface area contributed by atoms with Crippen molar-refractivity contribution in [2.24, 2.45) is 0 Å². The van der Waals surface area contributed by atoms with Crippen molar-refractivity contribution in [1.82, 2.24) is 9.88 Å². The molecule has 0 radical (unpaired) electrons. The molecule has 0 unspecified atom stereocenters. The molecule has 17 heavy (non-hydrogen) atoms. The van der Waals surface area contributed by atoms with Crippen molar-refractivity contribution in [3.63, 3.8) is 0 Å². The summed E-state index contributed by atoms with van der Waals surface area (Å²) in [6.07, 6.45) is 2.89. The maximum absolute atomic E-state index is 12.1. The fourth-order valence-electron chi connectivity index (χ4n) is 1.87. The Kier molecular flexibility index (Phi) is 2.90. The molecule has 7 nitrogen and oxygen atoms in total. The molecule has 0 aliphatic carbocycles. The number of carbonyl (C=O) groups excluding carboxylic acids is 1. The molecule has 7 heteroatoms. The van der Waals surface area contributed by atoms with Crippen LogP contribution in [0.3, 0.4) is 0 Å². The molecular weight excluding hydrogens is 224 g/mol. The highest BCUT2D eigenvalue weighted by atomic mass is 16.6. The first-order chi connectivity index (χ1) is 8.09. The fourth-order valence-corrected chi connectivity index (χ4v) is 1.87. The minimum atomic E-state index is -0.615. The zero-order valence-electron chi connectivity index (χ0n) is 9.13. The lowest BCUT2D eigenvalue weighted by Crippen LogP contribution is -2.28. The van der Waals surface area contributed by atoms with Crippen LogP contribution in [0.5, 0.6) is 0 Å². The molecule has 1 fully saturated rings. The SMILES string of the molecule is Nc1cc(C(=O)N2CCCC2)c([N+](=O)[O-])cn1. The highest BCUT2D eigenvalue weighted by Crippen LogP contribution is 2.22. The summed E-state index contributed by atoms with van der Waals surface area (Å²) in [6, 6.07) is 1.26.